The number of halogens is 1. The minimum absolute atomic E-state index is 0.0675. The second-order valence-electron chi connectivity index (χ2n) is 5.43. The van der Waals surface area contributed by atoms with E-state index >= 15 is 0 Å². The van der Waals surface area contributed by atoms with Crippen molar-refractivity contribution < 1.29 is 14.3 Å². The molecule has 1 atom stereocenters. The average Bonchev–Trinajstić information content (AvgIpc) is 2.60. The number of ketones is 1. The van der Waals surface area contributed by atoms with Crippen LogP contribution in [0.15, 0.2) is 53.0 Å². The minimum atomic E-state index is -0.195. The number of carbonyl (C=O) groups is 2. The number of ether oxygens (including phenoxy) is 1. The van der Waals surface area contributed by atoms with Gasteiger partial charge in [0.25, 0.3) is 5.91 Å². The first-order valence-corrected chi connectivity index (χ1v) is 8.59. The number of hydrogen-bond acceptors (Lipinski definition) is 3. The molecule has 0 bridgehead atoms. The highest BCUT2D eigenvalue weighted by atomic mass is 79.9. The Morgan fingerprint density at radius 1 is 1.08 bits per heavy atom. The number of Topliss-reactive ketones (excluding diaryl/α,β-unsaturated/α-hetero) is 1. The lowest BCUT2D eigenvalue weighted by Gasteiger charge is -2.15. The summed E-state index contributed by atoms with van der Waals surface area (Å²) in [5.74, 6) is 0.454. The van der Waals surface area contributed by atoms with Gasteiger partial charge in [0.15, 0.2) is 12.4 Å². The van der Waals surface area contributed by atoms with Crippen LogP contribution in [0.4, 0.5) is 0 Å². The molecule has 0 aromatic heterocycles. The molecule has 2 aromatic rings. The van der Waals surface area contributed by atoms with Crippen LogP contribution in [0, 0.1) is 0 Å². The SMILES string of the molecule is CCC(=O)c1ccc(OCC(=O)N[C@H](C)c2ccc(Br)cc2)cc1. The summed E-state index contributed by atoms with van der Waals surface area (Å²) >= 11 is 3.39. The van der Waals surface area contributed by atoms with Gasteiger partial charge in [0, 0.05) is 16.5 Å². The number of carbonyl (C=O) groups excluding carboxylic acids is 2. The van der Waals surface area contributed by atoms with E-state index in [0.29, 0.717) is 17.7 Å². The van der Waals surface area contributed by atoms with Crippen LogP contribution < -0.4 is 10.1 Å². The maximum absolute atomic E-state index is 12.0. The number of benzene rings is 2. The Hall–Kier alpha value is -2.14. The Balaban J connectivity index is 1.84. The Labute approximate surface area is 150 Å². The van der Waals surface area contributed by atoms with Crippen LogP contribution in [0.3, 0.4) is 0 Å². The molecule has 0 radical (unpaired) electrons. The molecule has 2 rings (SSSR count). The van der Waals surface area contributed by atoms with E-state index in [1.807, 2.05) is 38.1 Å². The third-order valence-corrected chi connectivity index (χ3v) is 4.14. The molecule has 5 heteroatoms. The molecule has 0 aliphatic carbocycles. The molecule has 2 aromatic carbocycles. The fourth-order valence-corrected chi connectivity index (χ4v) is 2.47. The molecule has 0 fully saturated rings. The third kappa shape index (κ3) is 5.20. The van der Waals surface area contributed by atoms with Gasteiger partial charge in [0.05, 0.1) is 6.04 Å². The van der Waals surface area contributed by atoms with Crippen molar-refractivity contribution >= 4 is 27.6 Å². The third-order valence-electron chi connectivity index (χ3n) is 3.61. The van der Waals surface area contributed by atoms with Crippen LogP contribution in [-0.2, 0) is 4.79 Å². The summed E-state index contributed by atoms with van der Waals surface area (Å²) in [5, 5.41) is 2.89. The van der Waals surface area contributed by atoms with E-state index in [1.165, 1.54) is 0 Å². The Morgan fingerprint density at radius 2 is 1.71 bits per heavy atom. The van der Waals surface area contributed by atoms with E-state index in [4.69, 9.17) is 4.74 Å². The summed E-state index contributed by atoms with van der Waals surface area (Å²) in [6.45, 7) is 3.68. The standard InChI is InChI=1S/C19H20BrNO3/c1-3-18(22)15-6-10-17(11-7-15)24-12-19(23)21-13(2)14-4-8-16(20)9-5-14/h4-11,13H,3,12H2,1-2H3,(H,21,23)/t13-/m1/s1. The first-order chi connectivity index (χ1) is 11.5. The smallest absolute Gasteiger partial charge is 0.258 e. The molecule has 0 aliphatic heterocycles. The van der Waals surface area contributed by atoms with Gasteiger partial charge in [-0.05, 0) is 48.9 Å². The topological polar surface area (TPSA) is 55.4 Å². The fraction of sp³-hybridized carbons (Fsp3) is 0.263. The van der Waals surface area contributed by atoms with Crippen LogP contribution >= 0.6 is 15.9 Å². The first-order valence-electron chi connectivity index (χ1n) is 7.80. The van der Waals surface area contributed by atoms with Crippen molar-refractivity contribution in [1.29, 1.82) is 0 Å². The summed E-state index contributed by atoms with van der Waals surface area (Å²) in [6, 6.07) is 14.5. The number of amides is 1. The second kappa shape index (κ2) is 8.64. The van der Waals surface area contributed by atoms with Gasteiger partial charge >= 0.3 is 0 Å². The second-order valence-corrected chi connectivity index (χ2v) is 6.35. The zero-order valence-electron chi connectivity index (χ0n) is 13.7. The van der Waals surface area contributed by atoms with Gasteiger partial charge in [0.2, 0.25) is 0 Å². The van der Waals surface area contributed by atoms with Crippen LogP contribution in [0.2, 0.25) is 0 Å². The maximum atomic E-state index is 12.0. The van der Waals surface area contributed by atoms with E-state index in [9.17, 15) is 9.59 Å². The van der Waals surface area contributed by atoms with Gasteiger partial charge in [-0.1, -0.05) is 35.0 Å². The van der Waals surface area contributed by atoms with Crippen LogP contribution in [-0.4, -0.2) is 18.3 Å². The summed E-state index contributed by atoms with van der Waals surface area (Å²) in [4.78, 5) is 23.5. The highest BCUT2D eigenvalue weighted by Gasteiger charge is 2.10. The molecule has 0 saturated carbocycles. The van der Waals surface area contributed by atoms with Crippen molar-refractivity contribution in [2.45, 2.75) is 26.3 Å². The summed E-state index contributed by atoms with van der Waals surface area (Å²) in [6.07, 6.45) is 0.469. The molecule has 126 valence electrons. The van der Waals surface area contributed by atoms with Crippen molar-refractivity contribution in [3.8, 4) is 5.75 Å². The summed E-state index contributed by atoms with van der Waals surface area (Å²) < 4.78 is 6.46. The lowest BCUT2D eigenvalue weighted by molar-refractivity contribution is -0.123. The molecular formula is C19H20BrNO3. The van der Waals surface area contributed by atoms with E-state index in [-0.39, 0.29) is 24.3 Å². The summed E-state index contributed by atoms with van der Waals surface area (Å²) in [7, 11) is 0. The predicted molar refractivity (Wildman–Crippen MR) is 97.3 cm³/mol. The van der Waals surface area contributed by atoms with E-state index < -0.39 is 0 Å². The zero-order chi connectivity index (χ0) is 17.5. The molecule has 24 heavy (non-hydrogen) atoms. The van der Waals surface area contributed by atoms with Crippen molar-refractivity contribution in [1.82, 2.24) is 5.32 Å². The quantitative estimate of drug-likeness (QED) is 0.718. The molecule has 1 amide bonds. The van der Waals surface area contributed by atoms with Crippen molar-refractivity contribution in [2.75, 3.05) is 6.61 Å². The van der Waals surface area contributed by atoms with Gasteiger partial charge in [-0.3, -0.25) is 9.59 Å². The number of rotatable bonds is 7. The van der Waals surface area contributed by atoms with E-state index in [2.05, 4.69) is 21.2 Å². The van der Waals surface area contributed by atoms with E-state index in [1.54, 1.807) is 24.3 Å². The maximum Gasteiger partial charge on any atom is 0.258 e. The average molecular weight is 390 g/mol. The Bertz CT molecular complexity index is 696. The molecule has 0 unspecified atom stereocenters. The highest BCUT2D eigenvalue weighted by molar-refractivity contribution is 9.10. The molecular weight excluding hydrogens is 370 g/mol. The van der Waals surface area contributed by atoms with Gasteiger partial charge in [-0.25, -0.2) is 0 Å². The highest BCUT2D eigenvalue weighted by Crippen LogP contribution is 2.17. The minimum Gasteiger partial charge on any atom is -0.484 e. The normalized spacial score (nSPS) is 11.6. The van der Waals surface area contributed by atoms with E-state index in [0.717, 1.165) is 10.0 Å². The van der Waals surface area contributed by atoms with Crippen molar-refractivity contribution in [3.05, 3.63) is 64.1 Å². The molecule has 4 nitrogen and oxygen atoms in total. The molecule has 1 N–H and O–H groups in total. The van der Waals surface area contributed by atoms with Crippen molar-refractivity contribution in [2.24, 2.45) is 0 Å². The number of nitrogens with one attached hydrogen (secondary N) is 1. The van der Waals surface area contributed by atoms with Crippen LogP contribution in [0.5, 0.6) is 5.75 Å². The van der Waals surface area contributed by atoms with Gasteiger partial charge in [0.1, 0.15) is 5.75 Å². The van der Waals surface area contributed by atoms with Crippen LogP contribution in [0.1, 0.15) is 42.2 Å². The molecule has 0 saturated heterocycles. The van der Waals surface area contributed by atoms with Gasteiger partial charge in [-0.2, -0.15) is 0 Å². The molecule has 0 spiro atoms. The fourth-order valence-electron chi connectivity index (χ4n) is 2.21. The molecule has 0 aliphatic rings. The van der Waals surface area contributed by atoms with Crippen molar-refractivity contribution in [3.63, 3.8) is 0 Å². The largest absolute Gasteiger partial charge is 0.484 e. The lowest BCUT2D eigenvalue weighted by atomic mass is 10.1. The Morgan fingerprint density at radius 3 is 2.29 bits per heavy atom. The van der Waals surface area contributed by atoms with Gasteiger partial charge < -0.3 is 10.1 Å². The Kier molecular flexibility index (Phi) is 6.55. The lowest BCUT2D eigenvalue weighted by Crippen LogP contribution is -2.31. The zero-order valence-corrected chi connectivity index (χ0v) is 15.3. The molecule has 0 heterocycles. The monoisotopic (exact) mass is 389 g/mol. The van der Waals surface area contributed by atoms with Gasteiger partial charge in [-0.15, -0.1) is 0 Å². The predicted octanol–water partition coefficient (Wildman–Crippen LogP) is 4.30. The first kappa shape index (κ1) is 18.2. The van der Waals surface area contributed by atoms with Crippen LogP contribution in [0.25, 0.3) is 0 Å². The number of hydrogen-bond donors (Lipinski definition) is 1. The summed E-state index contributed by atoms with van der Waals surface area (Å²) in [5.41, 5.74) is 1.67.